The number of aromatic nitrogens is 2. The van der Waals surface area contributed by atoms with Gasteiger partial charge in [0.25, 0.3) is 11.5 Å². The lowest BCUT2D eigenvalue weighted by molar-refractivity contribution is 0.0964. The number of benzene rings is 4. The smallest absolute Gasteiger partial charge is 0.261 e. The minimum Gasteiger partial charge on any atom is -0.455 e. The van der Waals surface area contributed by atoms with Gasteiger partial charge < -0.3 is 9.73 Å². The molecule has 0 saturated heterocycles. The molecule has 1 N–H and O–H groups in total. The van der Waals surface area contributed by atoms with E-state index in [0.717, 1.165) is 22.7 Å². The van der Waals surface area contributed by atoms with Gasteiger partial charge in [0.2, 0.25) is 10.0 Å². The van der Waals surface area contributed by atoms with Gasteiger partial charge in [0.15, 0.2) is 0 Å². The number of nitrogens with one attached hydrogen (secondary N) is 1. The monoisotopic (exact) mass is 660 g/mol. The third-order valence-corrected chi connectivity index (χ3v) is 9.19. The number of amides is 1. The molecule has 0 radical (unpaired) electrons. The number of halogens is 3. The Balaban J connectivity index is 1.60. The van der Waals surface area contributed by atoms with Crippen LogP contribution in [0.3, 0.4) is 0 Å². The van der Waals surface area contributed by atoms with Gasteiger partial charge in [-0.1, -0.05) is 12.1 Å². The average Bonchev–Trinajstić information content (AvgIpc) is 3.41. The Hall–Kier alpha value is -5.43. The molecule has 47 heavy (non-hydrogen) atoms. The van der Waals surface area contributed by atoms with Crippen molar-refractivity contribution in [3.05, 3.63) is 118 Å². The molecule has 0 aliphatic carbocycles. The van der Waals surface area contributed by atoms with Crippen LogP contribution in [-0.2, 0) is 16.6 Å². The van der Waals surface area contributed by atoms with Gasteiger partial charge in [-0.15, -0.1) is 0 Å². The molecular formula is C34H27F3N4O5S. The van der Waals surface area contributed by atoms with Gasteiger partial charge in [-0.2, -0.15) is 0 Å². The average molecular weight is 661 g/mol. The number of carbonyl (C=O) groups is 1. The molecule has 240 valence electrons. The summed E-state index contributed by atoms with van der Waals surface area (Å²) in [6.45, 7) is 1.40. The molecule has 4 aromatic carbocycles. The van der Waals surface area contributed by atoms with E-state index in [-0.39, 0.29) is 40.1 Å². The fourth-order valence-electron chi connectivity index (χ4n) is 5.46. The van der Waals surface area contributed by atoms with Gasteiger partial charge in [-0.05, 0) is 61.0 Å². The molecule has 1 amide bonds. The van der Waals surface area contributed by atoms with Gasteiger partial charge in [0.05, 0.1) is 35.0 Å². The van der Waals surface area contributed by atoms with E-state index >= 15 is 0 Å². The number of nitrogens with zero attached hydrogens (tertiary/aromatic N) is 3. The van der Waals surface area contributed by atoms with Crippen molar-refractivity contribution >= 4 is 43.5 Å². The minimum absolute atomic E-state index is 0.0927. The Morgan fingerprint density at radius 3 is 2.28 bits per heavy atom. The Bertz CT molecular complexity index is 2400. The lowest BCUT2D eigenvalue weighted by atomic mass is 9.97. The van der Waals surface area contributed by atoms with Crippen molar-refractivity contribution in [2.45, 2.75) is 13.5 Å². The predicted molar refractivity (Wildman–Crippen MR) is 173 cm³/mol. The fraction of sp³-hybridized carbons (Fsp3) is 0.147. The third-order valence-electron chi connectivity index (χ3n) is 8.00. The first kappa shape index (κ1) is 31.5. The van der Waals surface area contributed by atoms with Gasteiger partial charge >= 0.3 is 0 Å². The zero-order valence-electron chi connectivity index (χ0n) is 25.6. The second kappa shape index (κ2) is 11.7. The van der Waals surface area contributed by atoms with E-state index in [9.17, 15) is 31.2 Å². The first-order chi connectivity index (χ1) is 22.3. The predicted octanol–water partition coefficient (Wildman–Crippen LogP) is 6.01. The highest BCUT2D eigenvalue weighted by atomic mass is 32.2. The molecule has 0 atom stereocenters. The fourth-order valence-corrected chi connectivity index (χ4v) is 5.97. The number of sulfonamides is 1. The number of hydrogen-bond donors (Lipinski definition) is 1. The van der Waals surface area contributed by atoms with Crippen LogP contribution in [0.25, 0.3) is 44.3 Å². The van der Waals surface area contributed by atoms with E-state index in [1.54, 1.807) is 31.2 Å². The summed E-state index contributed by atoms with van der Waals surface area (Å²) in [5.74, 6) is -2.07. The molecule has 0 aliphatic rings. The van der Waals surface area contributed by atoms with Crippen molar-refractivity contribution in [3.63, 3.8) is 0 Å². The number of furan rings is 1. The van der Waals surface area contributed by atoms with Crippen molar-refractivity contribution in [3.8, 4) is 22.5 Å². The number of rotatable bonds is 7. The maximum absolute atomic E-state index is 14.5. The Kier molecular flexibility index (Phi) is 7.88. The molecule has 0 aliphatic heterocycles. The second-order valence-corrected chi connectivity index (χ2v) is 13.0. The summed E-state index contributed by atoms with van der Waals surface area (Å²) in [5, 5.41) is 3.10. The summed E-state index contributed by atoms with van der Waals surface area (Å²) in [6.07, 6.45) is 1.03. The van der Waals surface area contributed by atoms with Crippen molar-refractivity contribution in [2.75, 3.05) is 24.7 Å². The zero-order chi connectivity index (χ0) is 33.8. The first-order valence-electron chi connectivity index (χ1n) is 14.2. The maximum atomic E-state index is 14.5. The van der Waals surface area contributed by atoms with E-state index in [0.29, 0.717) is 33.4 Å². The quantitative estimate of drug-likeness (QED) is 0.225. The highest BCUT2D eigenvalue weighted by Gasteiger charge is 2.26. The number of anilines is 1. The molecule has 13 heteroatoms. The van der Waals surface area contributed by atoms with Crippen LogP contribution in [0.4, 0.5) is 18.9 Å². The van der Waals surface area contributed by atoms with Crippen LogP contribution in [0.1, 0.15) is 21.7 Å². The van der Waals surface area contributed by atoms with Gasteiger partial charge in [-0.25, -0.2) is 26.6 Å². The van der Waals surface area contributed by atoms with Gasteiger partial charge in [0, 0.05) is 48.3 Å². The van der Waals surface area contributed by atoms with Crippen LogP contribution in [0.15, 0.2) is 82.0 Å². The minimum atomic E-state index is -3.81. The molecule has 0 saturated carbocycles. The molecule has 9 nitrogen and oxygen atoms in total. The SMILES string of the molecule is CNC(=O)c1c(-c2ccc(F)cc2)oc2cc(N(C)S(C)(=O)=O)c(-c3ccc4nc(C)n(Cc5ccc(F)cc5F)c(=O)c4c3)cc12. The van der Waals surface area contributed by atoms with Crippen molar-refractivity contribution in [1.29, 1.82) is 0 Å². The van der Waals surface area contributed by atoms with Crippen molar-refractivity contribution in [2.24, 2.45) is 0 Å². The number of hydrogen-bond acceptors (Lipinski definition) is 6. The first-order valence-corrected chi connectivity index (χ1v) is 16.1. The summed E-state index contributed by atoms with van der Waals surface area (Å²) < 4.78 is 75.7. The van der Waals surface area contributed by atoms with Crippen LogP contribution < -0.4 is 15.2 Å². The molecule has 0 spiro atoms. The Morgan fingerprint density at radius 2 is 1.62 bits per heavy atom. The molecular weight excluding hydrogens is 633 g/mol. The number of aryl methyl sites for hydroxylation is 1. The van der Waals surface area contributed by atoms with Crippen molar-refractivity contribution in [1.82, 2.24) is 14.9 Å². The summed E-state index contributed by atoms with van der Waals surface area (Å²) >= 11 is 0. The summed E-state index contributed by atoms with van der Waals surface area (Å²) in [4.78, 5) is 31.5. The van der Waals surface area contributed by atoms with E-state index in [1.807, 2.05) is 0 Å². The van der Waals surface area contributed by atoms with Crippen LogP contribution in [0.2, 0.25) is 0 Å². The molecule has 0 fully saturated rings. The number of fused-ring (bicyclic) bond motifs is 2. The van der Waals surface area contributed by atoms with Crippen LogP contribution in [-0.4, -0.2) is 44.2 Å². The van der Waals surface area contributed by atoms with Crippen LogP contribution >= 0.6 is 0 Å². The highest BCUT2D eigenvalue weighted by molar-refractivity contribution is 7.92. The molecule has 0 unspecified atom stereocenters. The summed E-state index contributed by atoms with van der Waals surface area (Å²) in [6, 6.07) is 16.4. The van der Waals surface area contributed by atoms with E-state index in [1.165, 1.54) is 55.1 Å². The molecule has 0 bridgehead atoms. The summed E-state index contributed by atoms with van der Waals surface area (Å²) in [7, 11) is -1.00. The molecule has 6 aromatic rings. The second-order valence-electron chi connectivity index (χ2n) is 11.0. The largest absolute Gasteiger partial charge is 0.455 e. The summed E-state index contributed by atoms with van der Waals surface area (Å²) in [5.41, 5.74) is 1.66. The van der Waals surface area contributed by atoms with Gasteiger partial charge in [0.1, 0.15) is 34.6 Å². The van der Waals surface area contributed by atoms with Crippen LogP contribution in [0, 0.1) is 24.4 Å². The van der Waals surface area contributed by atoms with Crippen molar-refractivity contribution < 1.29 is 30.8 Å². The van der Waals surface area contributed by atoms with Crippen LogP contribution in [0.5, 0.6) is 0 Å². The molecule has 2 aromatic heterocycles. The van der Waals surface area contributed by atoms with E-state index in [4.69, 9.17) is 4.42 Å². The lowest BCUT2D eigenvalue weighted by Crippen LogP contribution is -2.26. The number of carbonyl (C=O) groups excluding carboxylic acids is 1. The Labute approximate surface area is 266 Å². The molecule has 2 heterocycles. The standard InChI is InChI=1S/C34H27F3N4O5S/c1-18-39-28-12-8-20(13-25(28)34(43)41(18)17-21-7-11-23(36)14-27(21)37)24-15-26-30(16-29(24)40(3)47(4,44)45)46-32(31(26)33(42)38-2)19-5-9-22(35)10-6-19/h5-16H,17H2,1-4H3,(H,38,42). The lowest BCUT2D eigenvalue weighted by Gasteiger charge is -2.21. The van der Waals surface area contributed by atoms with E-state index < -0.39 is 38.9 Å². The van der Waals surface area contributed by atoms with E-state index in [2.05, 4.69) is 10.3 Å². The van der Waals surface area contributed by atoms with Gasteiger partial charge in [-0.3, -0.25) is 18.5 Å². The Morgan fingerprint density at radius 1 is 0.936 bits per heavy atom. The zero-order valence-corrected chi connectivity index (χ0v) is 26.4. The normalized spacial score (nSPS) is 11.7. The maximum Gasteiger partial charge on any atom is 0.261 e. The molecule has 6 rings (SSSR count). The third kappa shape index (κ3) is 5.74. The highest BCUT2D eigenvalue weighted by Crippen LogP contribution is 2.41. The topological polar surface area (TPSA) is 115 Å².